The maximum Gasteiger partial charge on any atom is 0.128 e. The third kappa shape index (κ3) is 2.60. The van der Waals surface area contributed by atoms with E-state index in [0.29, 0.717) is 12.5 Å². The van der Waals surface area contributed by atoms with Crippen LogP contribution in [0.5, 0.6) is 5.75 Å². The van der Waals surface area contributed by atoms with Crippen molar-refractivity contribution in [2.75, 3.05) is 7.11 Å². The lowest BCUT2D eigenvalue weighted by Gasteiger charge is -2.11. The lowest BCUT2D eigenvalue weighted by molar-refractivity contribution is 0.415. The molecule has 0 saturated carbocycles. The first-order valence-corrected chi connectivity index (χ1v) is 7.38. The highest BCUT2D eigenvalue weighted by Crippen LogP contribution is 2.37. The quantitative estimate of drug-likeness (QED) is 0.929. The Hall–Kier alpha value is -1.33. The number of halogens is 1. The molecule has 0 aliphatic heterocycles. The Kier molecular flexibility index (Phi) is 4.50. The van der Waals surface area contributed by atoms with Gasteiger partial charge in [-0.1, -0.05) is 19.9 Å². The molecule has 0 saturated heterocycles. The van der Waals surface area contributed by atoms with E-state index in [1.54, 1.807) is 11.8 Å². The number of ether oxygens (including phenoxy) is 1. The summed E-state index contributed by atoms with van der Waals surface area (Å²) < 4.78 is 8.26. The predicted molar refractivity (Wildman–Crippen MR) is 84.9 cm³/mol. The highest BCUT2D eigenvalue weighted by molar-refractivity contribution is 9.10. The molecule has 108 valence electrons. The Morgan fingerprint density at radius 3 is 2.60 bits per heavy atom. The number of hydrogen-bond acceptors (Lipinski definition) is 3. The van der Waals surface area contributed by atoms with Gasteiger partial charge in [0, 0.05) is 19.2 Å². The Morgan fingerprint density at radius 1 is 1.40 bits per heavy atom. The van der Waals surface area contributed by atoms with E-state index in [9.17, 15) is 0 Å². The van der Waals surface area contributed by atoms with Gasteiger partial charge in [-0.15, -0.1) is 0 Å². The van der Waals surface area contributed by atoms with Crippen molar-refractivity contribution in [3.63, 3.8) is 0 Å². The van der Waals surface area contributed by atoms with Gasteiger partial charge in [0.15, 0.2) is 0 Å². The molecule has 0 unspecified atom stereocenters. The molecule has 1 heterocycles. The molecule has 20 heavy (non-hydrogen) atoms. The van der Waals surface area contributed by atoms with Crippen LogP contribution in [0, 0.1) is 0 Å². The highest BCUT2D eigenvalue weighted by Gasteiger charge is 2.18. The maximum atomic E-state index is 5.76. The Morgan fingerprint density at radius 2 is 2.10 bits per heavy atom. The van der Waals surface area contributed by atoms with Crippen molar-refractivity contribution in [2.24, 2.45) is 12.8 Å². The largest absolute Gasteiger partial charge is 0.496 e. The van der Waals surface area contributed by atoms with Crippen LogP contribution in [-0.2, 0) is 13.6 Å². The van der Waals surface area contributed by atoms with Crippen LogP contribution in [0.25, 0.3) is 11.3 Å². The van der Waals surface area contributed by atoms with Gasteiger partial charge in [0.25, 0.3) is 0 Å². The third-order valence-corrected chi connectivity index (χ3v) is 4.28. The zero-order chi connectivity index (χ0) is 14.9. The molecule has 2 aromatic rings. The number of hydrogen-bond donors (Lipinski definition) is 1. The zero-order valence-corrected chi connectivity index (χ0v) is 13.9. The molecule has 1 aromatic heterocycles. The van der Waals surface area contributed by atoms with Crippen LogP contribution in [0.3, 0.4) is 0 Å². The molecular formula is C15H20BrN3O. The van der Waals surface area contributed by atoms with Gasteiger partial charge >= 0.3 is 0 Å². The Labute approximate surface area is 128 Å². The number of nitrogens with two attached hydrogens (primary N) is 1. The molecule has 0 radical (unpaired) electrons. The van der Waals surface area contributed by atoms with Crippen molar-refractivity contribution in [3.8, 4) is 17.0 Å². The van der Waals surface area contributed by atoms with Crippen molar-refractivity contribution >= 4 is 15.9 Å². The number of aryl methyl sites for hydroxylation is 1. The van der Waals surface area contributed by atoms with E-state index in [-0.39, 0.29) is 0 Å². The zero-order valence-electron chi connectivity index (χ0n) is 12.3. The van der Waals surface area contributed by atoms with Gasteiger partial charge in [-0.2, -0.15) is 5.10 Å². The van der Waals surface area contributed by atoms with Crippen LogP contribution in [0.1, 0.15) is 31.0 Å². The number of nitrogens with zero attached hydrogens (tertiary/aromatic N) is 2. The monoisotopic (exact) mass is 337 g/mol. The average molecular weight is 338 g/mol. The number of rotatable bonds is 4. The Balaban J connectivity index is 2.58. The first-order valence-electron chi connectivity index (χ1n) is 6.59. The molecule has 2 rings (SSSR count). The van der Waals surface area contributed by atoms with Gasteiger partial charge < -0.3 is 10.5 Å². The van der Waals surface area contributed by atoms with Crippen LogP contribution in [0.4, 0.5) is 0 Å². The fraction of sp³-hybridized carbons (Fsp3) is 0.400. The lowest BCUT2D eigenvalue weighted by Crippen LogP contribution is -2.04. The summed E-state index contributed by atoms with van der Waals surface area (Å²) in [5.74, 6) is 1.29. The summed E-state index contributed by atoms with van der Waals surface area (Å²) in [4.78, 5) is 0. The number of aromatic nitrogens is 2. The topological polar surface area (TPSA) is 53.1 Å². The van der Waals surface area contributed by atoms with Crippen LogP contribution >= 0.6 is 15.9 Å². The first-order chi connectivity index (χ1) is 9.49. The van der Waals surface area contributed by atoms with Crippen molar-refractivity contribution in [1.82, 2.24) is 9.78 Å². The second kappa shape index (κ2) is 5.97. The predicted octanol–water partition coefficient (Wildman–Crippen LogP) is 3.44. The van der Waals surface area contributed by atoms with Gasteiger partial charge in [0.2, 0.25) is 0 Å². The molecule has 0 amide bonds. The fourth-order valence-corrected chi connectivity index (χ4v) is 2.90. The van der Waals surface area contributed by atoms with E-state index in [2.05, 4.69) is 53.1 Å². The normalized spacial score (nSPS) is 11.2. The van der Waals surface area contributed by atoms with Crippen LogP contribution in [0.2, 0.25) is 0 Å². The van der Waals surface area contributed by atoms with Crippen LogP contribution in [0.15, 0.2) is 22.7 Å². The van der Waals surface area contributed by atoms with E-state index >= 15 is 0 Å². The molecule has 2 N–H and O–H groups in total. The second-order valence-electron chi connectivity index (χ2n) is 5.05. The summed E-state index contributed by atoms with van der Waals surface area (Å²) in [7, 11) is 3.58. The minimum atomic E-state index is 0.441. The molecule has 0 atom stereocenters. The average Bonchev–Trinajstić information content (AvgIpc) is 2.72. The molecular weight excluding hydrogens is 318 g/mol. The van der Waals surface area contributed by atoms with E-state index < -0.39 is 0 Å². The minimum absolute atomic E-state index is 0.441. The summed E-state index contributed by atoms with van der Waals surface area (Å²) in [6, 6.07) is 6.25. The fourth-order valence-electron chi connectivity index (χ4n) is 2.19. The van der Waals surface area contributed by atoms with Gasteiger partial charge in [-0.25, -0.2) is 0 Å². The van der Waals surface area contributed by atoms with Crippen LogP contribution < -0.4 is 10.5 Å². The molecule has 1 aromatic carbocycles. The number of methoxy groups -OCH3 is 1. The van der Waals surface area contributed by atoms with E-state index in [0.717, 1.165) is 27.2 Å². The molecule has 0 bridgehead atoms. The lowest BCUT2D eigenvalue weighted by atomic mass is 10.00. The standard InChI is InChI=1S/C15H20BrN3O/c1-9(2)10-5-6-11(13(7-10)20-4)15-14(16)12(8-17)19(3)18-15/h5-7,9H,8,17H2,1-4H3. The van der Waals surface area contributed by atoms with Crippen molar-refractivity contribution in [3.05, 3.63) is 33.9 Å². The molecule has 0 fully saturated rings. The summed E-state index contributed by atoms with van der Waals surface area (Å²) in [6.07, 6.45) is 0. The first kappa shape index (κ1) is 15.1. The van der Waals surface area contributed by atoms with Crippen LogP contribution in [-0.4, -0.2) is 16.9 Å². The van der Waals surface area contributed by atoms with E-state index in [1.165, 1.54) is 5.56 Å². The van der Waals surface area contributed by atoms with E-state index in [4.69, 9.17) is 10.5 Å². The summed E-state index contributed by atoms with van der Waals surface area (Å²) in [6.45, 7) is 4.77. The minimum Gasteiger partial charge on any atom is -0.496 e. The Bertz CT molecular complexity index is 620. The molecule has 4 nitrogen and oxygen atoms in total. The molecule has 5 heteroatoms. The third-order valence-electron chi connectivity index (χ3n) is 3.44. The van der Waals surface area contributed by atoms with Gasteiger partial charge in [-0.05, 0) is 39.5 Å². The number of benzene rings is 1. The van der Waals surface area contributed by atoms with Crippen molar-refractivity contribution in [1.29, 1.82) is 0 Å². The molecule has 0 aliphatic rings. The SMILES string of the molecule is COc1cc(C(C)C)ccc1-c1nn(C)c(CN)c1Br. The second-order valence-corrected chi connectivity index (χ2v) is 5.84. The van der Waals surface area contributed by atoms with Crippen molar-refractivity contribution < 1.29 is 4.74 Å². The van der Waals surface area contributed by atoms with E-state index in [1.807, 2.05) is 7.05 Å². The van der Waals surface area contributed by atoms with Gasteiger partial charge in [0.1, 0.15) is 11.4 Å². The van der Waals surface area contributed by atoms with Gasteiger partial charge in [0.05, 0.1) is 17.3 Å². The maximum absolute atomic E-state index is 5.76. The summed E-state index contributed by atoms with van der Waals surface area (Å²) in [5.41, 5.74) is 9.80. The highest BCUT2D eigenvalue weighted by atomic mass is 79.9. The molecule has 0 spiro atoms. The molecule has 0 aliphatic carbocycles. The van der Waals surface area contributed by atoms with Crippen molar-refractivity contribution in [2.45, 2.75) is 26.3 Å². The smallest absolute Gasteiger partial charge is 0.128 e. The van der Waals surface area contributed by atoms with Gasteiger partial charge in [-0.3, -0.25) is 4.68 Å². The summed E-state index contributed by atoms with van der Waals surface area (Å²) >= 11 is 3.59. The summed E-state index contributed by atoms with van der Waals surface area (Å²) in [5, 5.41) is 4.54.